The van der Waals surface area contributed by atoms with Crippen LogP contribution in [-0.4, -0.2) is 42.6 Å². The maximum Gasteiger partial charge on any atom is 0.341 e. The summed E-state index contributed by atoms with van der Waals surface area (Å²) in [6, 6.07) is 10.8. The van der Waals surface area contributed by atoms with Crippen molar-refractivity contribution in [2.75, 3.05) is 19.8 Å². The third-order valence-electron chi connectivity index (χ3n) is 5.75. The summed E-state index contributed by atoms with van der Waals surface area (Å²) in [6.45, 7) is 5.29. The highest BCUT2D eigenvalue weighted by molar-refractivity contribution is 14.1. The van der Waals surface area contributed by atoms with E-state index in [0.29, 0.717) is 55.3 Å². The number of halogens is 1. The number of carboxylic acid groups (broad SMARTS) is 1. The van der Waals surface area contributed by atoms with Gasteiger partial charge in [-0.3, -0.25) is 4.79 Å². The summed E-state index contributed by atoms with van der Waals surface area (Å²) in [5.41, 5.74) is 4.03. The molecule has 0 aromatic heterocycles. The lowest BCUT2D eigenvalue weighted by atomic mass is 9.79. The molecule has 35 heavy (non-hydrogen) atoms. The van der Waals surface area contributed by atoms with Crippen molar-refractivity contribution in [3.8, 4) is 11.5 Å². The van der Waals surface area contributed by atoms with E-state index in [1.807, 2.05) is 34.7 Å². The van der Waals surface area contributed by atoms with Gasteiger partial charge in [-0.2, -0.15) is 0 Å². The van der Waals surface area contributed by atoms with Crippen LogP contribution in [0.2, 0.25) is 0 Å². The molecule has 1 aliphatic heterocycles. The number of nitrogens with one attached hydrogen (secondary N) is 1. The van der Waals surface area contributed by atoms with Gasteiger partial charge in [0.05, 0.1) is 28.1 Å². The summed E-state index contributed by atoms with van der Waals surface area (Å²) in [5.74, 6) is -1.88. The lowest BCUT2D eigenvalue weighted by molar-refractivity contribution is -0.140. The first-order chi connectivity index (χ1) is 16.8. The zero-order chi connectivity index (χ0) is 25.3. The van der Waals surface area contributed by atoms with E-state index in [9.17, 15) is 14.4 Å². The molecule has 182 valence electrons. The molecule has 0 amide bonds. The second kappa shape index (κ2) is 10.1. The van der Waals surface area contributed by atoms with Gasteiger partial charge in [0, 0.05) is 28.3 Å². The van der Waals surface area contributed by atoms with Crippen molar-refractivity contribution in [3.05, 3.63) is 73.5 Å². The molecule has 0 radical (unpaired) electrons. The fourth-order valence-electron chi connectivity index (χ4n) is 4.43. The van der Waals surface area contributed by atoms with Crippen LogP contribution < -0.4 is 14.8 Å². The Balaban J connectivity index is 1.91. The number of Topliss-reactive ketones (excluding diaryl/α,β-unsaturated/α-hetero) is 1. The van der Waals surface area contributed by atoms with E-state index in [0.717, 1.165) is 5.56 Å². The third kappa shape index (κ3) is 4.52. The monoisotopic (exact) mass is 589 g/mol. The summed E-state index contributed by atoms with van der Waals surface area (Å²) >= 11 is 2.04. The van der Waals surface area contributed by atoms with Gasteiger partial charge in [0.1, 0.15) is 0 Å². The molecule has 0 fully saturated rings. The second-order valence-corrected chi connectivity index (χ2v) is 9.09. The van der Waals surface area contributed by atoms with Crippen molar-refractivity contribution < 1.29 is 33.7 Å². The SMILES string of the molecule is CCOC(=O)C1=C(C)NC2=C(C(=O)c3ccccc32)[C@H]1c1cc(I)c(OCC(=O)O)c(OCC)c1. The molecule has 2 aliphatic rings. The smallest absolute Gasteiger partial charge is 0.341 e. The minimum Gasteiger partial charge on any atom is -0.490 e. The predicted octanol–water partition coefficient (Wildman–Crippen LogP) is 4.28. The summed E-state index contributed by atoms with van der Waals surface area (Å²) in [4.78, 5) is 37.8. The van der Waals surface area contributed by atoms with Gasteiger partial charge >= 0.3 is 11.9 Å². The van der Waals surface area contributed by atoms with Gasteiger partial charge in [0.2, 0.25) is 0 Å². The Hall–Kier alpha value is -3.34. The van der Waals surface area contributed by atoms with E-state index < -0.39 is 24.5 Å². The number of carbonyl (C=O) groups excluding carboxylic acids is 2. The number of carboxylic acids is 1. The summed E-state index contributed by atoms with van der Waals surface area (Å²) in [7, 11) is 0. The van der Waals surface area contributed by atoms with Gasteiger partial charge in [-0.05, 0) is 61.1 Å². The molecule has 8 nitrogen and oxygen atoms in total. The van der Waals surface area contributed by atoms with Crippen LogP contribution in [0.1, 0.15) is 48.2 Å². The highest BCUT2D eigenvalue weighted by Crippen LogP contribution is 2.48. The van der Waals surface area contributed by atoms with Crippen LogP contribution in [0, 0.1) is 3.57 Å². The van der Waals surface area contributed by atoms with Crippen LogP contribution in [0.25, 0.3) is 5.70 Å². The number of ether oxygens (including phenoxy) is 3. The van der Waals surface area contributed by atoms with E-state index in [1.54, 1.807) is 45.0 Å². The number of ketones is 1. The first kappa shape index (κ1) is 24.8. The number of esters is 1. The van der Waals surface area contributed by atoms with E-state index in [2.05, 4.69) is 5.32 Å². The largest absolute Gasteiger partial charge is 0.490 e. The van der Waals surface area contributed by atoms with Crippen LogP contribution >= 0.6 is 22.6 Å². The maximum absolute atomic E-state index is 13.6. The number of allylic oxidation sites excluding steroid dienone is 2. The van der Waals surface area contributed by atoms with Crippen LogP contribution in [0.5, 0.6) is 11.5 Å². The Labute approximate surface area is 216 Å². The number of hydrogen-bond donors (Lipinski definition) is 2. The Kier molecular flexibility index (Phi) is 7.15. The lowest BCUT2D eigenvalue weighted by Crippen LogP contribution is -2.29. The van der Waals surface area contributed by atoms with Crippen LogP contribution in [0.3, 0.4) is 0 Å². The van der Waals surface area contributed by atoms with Gasteiger partial charge in [0.15, 0.2) is 23.9 Å². The minimum absolute atomic E-state index is 0.165. The fourth-order valence-corrected chi connectivity index (χ4v) is 5.21. The highest BCUT2D eigenvalue weighted by atomic mass is 127. The normalized spacial score (nSPS) is 16.5. The van der Waals surface area contributed by atoms with Crippen LogP contribution in [0.4, 0.5) is 0 Å². The van der Waals surface area contributed by atoms with E-state index in [-0.39, 0.29) is 12.4 Å². The van der Waals surface area contributed by atoms with Crippen molar-refractivity contribution in [1.82, 2.24) is 5.32 Å². The molecule has 0 bridgehead atoms. The first-order valence-electron chi connectivity index (χ1n) is 11.1. The zero-order valence-corrected chi connectivity index (χ0v) is 21.6. The number of dihydropyridines is 1. The maximum atomic E-state index is 13.6. The number of carbonyl (C=O) groups is 3. The Morgan fingerprint density at radius 3 is 2.46 bits per heavy atom. The molecule has 1 aliphatic carbocycles. The molecule has 0 saturated heterocycles. The molecule has 0 spiro atoms. The summed E-state index contributed by atoms with van der Waals surface area (Å²) in [6.07, 6.45) is 0. The topological polar surface area (TPSA) is 111 Å². The van der Waals surface area contributed by atoms with Gasteiger partial charge in [-0.25, -0.2) is 9.59 Å². The van der Waals surface area contributed by atoms with E-state index >= 15 is 0 Å². The van der Waals surface area contributed by atoms with Crippen molar-refractivity contribution in [2.24, 2.45) is 0 Å². The molecule has 4 rings (SSSR count). The number of aliphatic carboxylic acids is 1. The molecule has 1 heterocycles. The highest BCUT2D eigenvalue weighted by Gasteiger charge is 2.43. The molecule has 0 saturated carbocycles. The average Bonchev–Trinajstić information content (AvgIpc) is 3.09. The van der Waals surface area contributed by atoms with Crippen molar-refractivity contribution in [2.45, 2.75) is 26.7 Å². The number of hydrogen-bond acceptors (Lipinski definition) is 7. The first-order valence-corrected chi connectivity index (χ1v) is 12.2. The zero-order valence-electron chi connectivity index (χ0n) is 19.4. The van der Waals surface area contributed by atoms with Gasteiger partial charge < -0.3 is 24.6 Å². The number of rotatable bonds is 8. The number of fused-ring (bicyclic) bond motifs is 2. The standard InChI is InChI=1S/C26H24INO7/c1-4-33-18-11-14(10-17(27)25(18)35-12-19(29)30)21-20(26(32)34-5-2)13(3)28-23-15-8-6-7-9-16(15)24(31)22(21)23/h6-11,21,28H,4-5,12H2,1-3H3,(H,29,30)/t21-/m0/s1. The number of benzene rings is 2. The van der Waals surface area contributed by atoms with Gasteiger partial charge in [-0.1, -0.05) is 24.3 Å². The van der Waals surface area contributed by atoms with Crippen molar-refractivity contribution in [1.29, 1.82) is 0 Å². The molecular formula is C26H24INO7. The molecule has 1 atom stereocenters. The summed E-state index contributed by atoms with van der Waals surface area (Å²) in [5, 5.41) is 12.3. The Morgan fingerprint density at radius 1 is 1.09 bits per heavy atom. The molecule has 9 heteroatoms. The lowest BCUT2D eigenvalue weighted by Gasteiger charge is -2.30. The van der Waals surface area contributed by atoms with Crippen LogP contribution in [0.15, 0.2) is 53.2 Å². The quantitative estimate of drug-likeness (QED) is 0.347. The molecule has 2 N–H and O–H groups in total. The van der Waals surface area contributed by atoms with Crippen molar-refractivity contribution >= 4 is 46.0 Å². The summed E-state index contributed by atoms with van der Waals surface area (Å²) < 4.78 is 17.2. The predicted molar refractivity (Wildman–Crippen MR) is 136 cm³/mol. The Morgan fingerprint density at radius 2 is 1.80 bits per heavy atom. The minimum atomic E-state index is -1.11. The molecule has 2 aromatic carbocycles. The van der Waals surface area contributed by atoms with Crippen molar-refractivity contribution in [3.63, 3.8) is 0 Å². The molecule has 0 unspecified atom stereocenters. The van der Waals surface area contributed by atoms with E-state index in [4.69, 9.17) is 19.3 Å². The van der Waals surface area contributed by atoms with E-state index in [1.165, 1.54) is 0 Å². The molecular weight excluding hydrogens is 565 g/mol. The second-order valence-electron chi connectivity index (χ2n) is 7.93. The Bertz CT molecular complexity index is 1290. The molecule has 2 aromatic rings. The average molecular weight is 589 g/mol. The van der Waals surface area contributed by atoms with Gasteiger partial charge in [-0.15, -0.1) is 0 Å². The fraction of sp³-hybridized carbons (Fsp3) is 0.269. The third-order valence-corrected chi connectivity index (χ3v) is 6.55. The van der Waals surface area contributed by atoms with Gasteiger partial charge in [0.25, 0.3) is 0 Å². The van der Waals surface area contributed by atoms with Crippen LogP contribution in [-0.2, 0) is 14.3 Å².